The lowest BCUT2D eigenvalue weighted by Gasteiger charge is -2.19. The quantitative estimate of drug-likeness (QED) is 0.738. The highest BCUT2D eigenvalue weighted by atomic mass is 16.2. The summed E-state index contributed by atoms with van der Waals surface area (Å²) in [4.78, 5) is 16.6. The molecule has 0 spiro atoms. The Labute approximate surface area is 89.5 Å². The van der Waals surface area contributed by atoms with Crippen LogP contribution in [0, 0.1) is 18.3 Å². The molecule has 1 aliphatic rings. The first-order valence-electron chi connectivity index (χ1n) is 5.17. The van der Waals surface area contributed by atoms with E-state index in [1.54, 1.807) is 17.2 Å². The van der Waals surface area contributed by atoms with Crippen LogP contribution in [-0.4, -0.2) is 28.9 Å². The molecule has 1 N–H and O–H groups in total. The highest BCUT2D eigenvalue weighted by Crippen LogP contribution is 2.29. The van der Waals surface area contributed by atoms with Gasteiger partial charge >= 0.3 is 0 Å². The summed E-state index contributed by atoms with van der Waals surface area (Å²) >= 11 is 0. The second kappa shape index (κ2) is 4.22. The van der Waals surface area contributed by atoms with Crippen molar-refractivity contribution in [2.45, 2.75) is 12.8 Å². The van der Waals surface area contributed by atoms with Gasteiger partial charge in [0, 0.05) is 12.7 Å². The van der Waals surface area contributed by atoms with Gasteiger partial charge in [0.15, 0.2) is 0 Å². The van der Waals surface area contributed by atoms with Crippen LogP contribution in [0.4, 0.5) is 0 Å². The third kappa shape index (κ3) is 2.41. The molecule has 1 saturated carbocycles. The summed E-state index contributed by atoms with van der Waals surface area (Å²) in [6, 6.07) is 3.59. The molecule has 1 aliphatic carbocycles. The van der Waals surface area contributed by atoms with Crippen molar-refractivity contribution in [2.75, 3.05) is 13.1 Å². The Balaban J connectivity index is 2.03. The molecule has 1 heterocycles. The number of terminal acetylenes is 1. The number of hydrogen-bond donors (Lipinski definition) is 1. The zero-order valence-corrected chi connectivity index (χ0v) is 8.57. The molecule has 78 valence electrons. The predicted molar refractivity (Wildman–Crippen MR) is 58.3 cm³/mol. The van der Waals surface area contributed by atoms with Crippen LogP contribution in [0.5, 0.6) is 0 Å². The molecule has 0 saturated heterocycles. The van der Waals surface area contributed by atoms with Gasteiger partial charge in [0.25, 0.3) is 5.91 Å². The molecule has 0 unspecified atom stereocenters. The first-order valence-corrected chi connectivity index (χ1v) is 5.17. The highest BCUT2D eigenvalue weighted by molar-refractivity contribution is 5.92. The fraction of sp³-hybridized carbons (Fsp3) is 0.417. The summed E-state index contributed by atoms with van der Waals surface area (Å²) in [5, 5.41) is 0. The summed E-state index contributed by atoms with van der Waals surface area (Å²) < 4.78 is 0. The van der Waals surface area contributed by atoms with Gasteiger partial charge in [-0.2, -0.15) is 0 Å². The van der Waals surface area contributed by atoms with E-state index in [1.807, 2.05) is 6.07 Å². The van der Waals surface area contributed by atoms with Gasteiger partial charge in [-0.15, -0.1) is 6.42 Å². The van der Waals surface area contributed by atoms with Gasteiger partial charge in [-0.25, -0.2) is 0 Å². The van der Waals surface area contributed by atoms with Gasteiger partial charge in [-0.1, -0.05) is 5.92 Å². The Morgan fingerprint density at radius 2 is 2.47 bits per heavy atom. The largest absolute Gasteiger partial charge is 0.357 e. The van der Waals surface area contributed by atoms with E-state index < -0.39 is 0 Å². The van der Waals surface area contributed by atoms with Gasteiger partial charge in [0.05, 0.1) is 6.54 Å². The summed E-state index contributed by atoms with van der Waals surface area (Å²) in [7, 11) is 0. The van der Waals surface area contributed by atoms with Crippen molar-refractivity contribution in [1.82, 2.24) is 9.88 Å². The average molecular weight is 202 g/mol. The van der Waals surface area contributed by atoms with Crippen LogP contribution in [0.1, 0.15) is 23.3 Å². The maximum atomic E-state index is 12.0. The lowest BCUT2D eigenvalue weighted by Crippen LogP contribution is -2.33. The number of amides is 1. The van der Waals surface area contributed by atoms with Crippen molar-refractivity contribution in [3.8, 4) is 12.3 Å². The number of carbonyl (C=O) groups excluding carboxylic acids is 1. The Kier molecular flexibility index (Phi) is 2.77. The van der Waals surface area contributed by atoms with Crippen molar-refractivity contribution in [3.05, 3.63) is 24.0 Å². The average Bonchev–Trinajstić information content (AvgIpc) is 2.88. The SMILES string of the molecule is C#CCN(CC1CC1)C(=O)c1ccc[nH]1. The van der Waals surface area contributed by atoms with Crippen LogP contribution in [0.3, 0.4) is 0 Å². The molecule has 0 atom stereocenters. The molecule has 0 aliphatic heterocycles. The Morgan fingerprint density at radius 3 is 3.00 bits per heavy atom. The minimum Gasteiger partial charge on any atom is -0.357 e. The number of aromatic nitrogens is 1. The molecular formula is C12H14N2O. The van der Waals surface area contributed by atoms with Crippen LogP contribution in [0.15, 0.2) is 18.3 Å². The molecule has 0 radical (unpaired) electrons. The van der Waals surface area contributed by atoms with Crippen LogP contribution >= 0.6 is 0 Å². The lowest BCUT2D eigenvalue weighted by atomic mass is 10.3. The fourth-order valence-corrected chi connectivity index (χ4v) is 1.58. The predicted octanol–water partition coefficient (Wildman–Crippen LogP) is 1.50. The molecule has 0 aromatic carbocycles. The Hall–Kier alpha value is -1.69. The standard InChI is InChI=1S/C12H14N2O/c1-2-8-14(9-10-5-6-10)12(15)11-4-3-7-13-11/h1,3-4,7,10,13H,5-6,8-9H2. The monoisotopic (exact) mass is 202 g/mol. The normalized spacial score (nSPS) is 14.6. The van der Waals surface area contributed by atoms with E-state index in [9.17, 15) is 4.79 Å². The van der Waals surface area contributed by atoms with Gasteiger partial charge in [0.1, 0.15) is 5.69 Å². The van der Waals surface area contributed by atoms with E-state index in [4.69, 9.17) is 6.42 Å². The van der Waals surface area contributed by atoms with Crippen LogP contribution in [0.2, 0.25) is 0 Å². The summed E-state index contributed by atoms with van der Waals surface area (Å²) in [6.45, 7) is 1.19. The molecule has 15 heavy (non-hydrogen) atoms. The van der Waals surface area contributed by atoms with Crippen LogP contribution < -0.4 is 0 Å². The molecule has 3 heteroatoms. The molecule has 1 fully saturated rings. The maximum absolute atomic E-state index is 12.0. The topological polar surface area (TPSA) is 36.1 Å². The molecular weight excluding hydrogens is 188 g/mol. The first-order chi connectivity index (χ1) is 7.31. The molecule has 3 nitrogen and oxygen atoms in total. The van der Waals surface area contributed by atoms with E-state index in [-0.39, 0.29) is 5.91 Å². The minimum atomic E-state index is 0.00449. The van der Waals surface area contributed by atoms with E-state index in [0.29, 0.717) is 18.2 Å². The number of carbonyl (C=O) groups is 1. The molecule has 1 aromatic heterocycles. The summed E-state index contributed by atoms with van der Waals surface area (Å²) in [6.07, 6.45) is 9.45. The minimum absolute atomic E-state index is 0.00449. The van der Waals surface area contributed by atoms with Crippen LogP contribution in [0.25, 0.3) is 0 Å². The number of hydrogen-bond acceptors (Lipinski definition) is 1. The van der Waals surface area contributed by atoms with E-state index in [2.05, 4.69) is 10.9 Å². The number of aromatic amines is 1. The number of nitrogens with one attached hydrogen (secondary N) is 1. The maximum Gasteiger partial charge on any atom is 0.271 e. The summed E-state index contributed by atoms with van der Waals surface area (Å²) in [5.74, 6) is 3.20. The molecule has 1 amide bonds. The van der Waals surface area contributed by atoms with Gasteiger partial charge in [-0.05, 0) is 30.9 Å². The van der Waals surface area contributed by atoms with Crippen molar-refractivity contribution >= 4 is 5.91 Å². The van der Waals surface area contributed by atoms with Crippen molar-refractivity contribution in [3.63, 3.8) is 0 Å². The van der Waals surface area contributed by atoms with E-state index in [0.717, 1.165) is 6.54 Å². The van der Waals surface area contributed by atoms with Crippen molar-refractivity contribution in [2.24, 2.45) is 5.92 Å². The number of rotatable bonds is 4. The zero-order valence-electron chi connectivity index (χ0n) is 8.57. The smallest absolute Gasteiger partial charge is 0.271 e. The van der Waals surface area contributed by atoms with E-state index >= 15 is 0 Å². The number of nitrogens with zero attached hydrogens (tertiary/aromatic N) is 1. The molecule has 1 aromatic rings. The second-order valence-corrected chi connectivity index (χ2v) is 3.92. The van der Waals surface area contributed by atoms with Gasteiger partial charge in [-0.3, -0.25) is 4.79 Å². The first kappa shape index (κ1) is 9.85. The van der Waals surface area contributed by atoms with E-state index in [1.165, 1.54) is 12.8 Å². The second-order valence-electron chi connectivity index (χ2n) is 3.92. The lowest BCUT2D eigenvalue weighted by molar-refractivity contribution is 0.0764. The molecule has 0 bridgehead atoms. The molecule has 2 rings (SSSR count). The third-order valence-corrected chi connectivity index (χ3v) is 2.57. The van der Waals surface area contributed by atoms with Gasteiger partial charge < -0.3 is 9.88 Å². The highest BCUT2D eigenvalue weighted by Gasteiger charge is 2.26. The summed E-state index contributed by atoms with van der Waals surface area (Å²) in [5.41, 5.74) is 0.617. The fourth-order valence-electron chi connectivity index (χ4n) is 1.58. The van der Waals surface area contributed by atoms with Crippen molar-refractivity contribution in [1.29, 1.82) is 0 Å². The van der Waals surface area contributed by atoms with Crippen molar-refractivity contribution < 1.29 is 4.79 Å². The number of H-pyrrole nitrogens is 1. The van der Waals surface area contributed by atoms with Gasteiger partial charge in [0.2, 0.25) is 0 Å². The third-order valence-electron chi connectivity index (χ3n) is 2.57. The zero-order chi connectivity index (χ0) is 10.7. The van der Waals surface area contributed by atoms with Crippen LogP contribution in [-0.2, 0) is 0 Å². The Bertz CT molecular complexity index is 371. The Morgan fingerprint density at radius 1 is 1.67 bits per heavy atom.